The lowest BCUT2D eigenvalue weighted by molar-refractivity contribution is -0.120. The number of piperidine rings is 1. The van der Waals surface area contributed by atoms with Crippen molar-refractivity contribution in [3.63, 3.8) is 0 Å². The molecule has 2 aromatic heterocycles. The van der Waals surface area contributed by atoms with E-state index in [1.165, 1.54) is 9.87 Å². The van der Waals surface area contributed by atoms with Crippen LogP contribution in [0, 0.1) is 12.8 Å². The average Bonchev–Trinajstić information content (AvgIpc) is 3.44. The minimum atomic E-state index is -3.63. The van der Waals surface area contributed by atoms with E-state index in [-0.39, 0.29) is 16.0 Å². The van der Waals surface area contributed by atoms with Crippen LogP contribution in [0.3, 0.4) is 0 Å². The molecule has 1 aliphatic rings. The molecule has 170 valence electrons. The molecular weight excluding hydrogens is 448 g/mol. The third-order valence-corrected chi connectivity index (χ3v) is 8.94. The van der Waals surface area contributed by atoms with Crippen molar-refractivity contribution in [2.75, 3.05) is 18.4 Å². The summed E-state index contributed by atoms with van der Waals surface area (Å²) in [7, 11) is -3.63. The number of nitrogens with zero attached hydrogens (tertiary/aromatic N) is 3. The summed E-state index contributed by atoms with van der Waals surface area (Å²) >= 11 is 1.14. The lowest BCUT2D eigenvalue weighted by Gasteiger charge is -2.30. The first-order chi connectivity index (χ1) is 15.2. The van der Waals surface area contributed by atoms with Crippen LogP contribution in [0.15, 0.2) is 44.4 Å². The maximum atomic E-state index is 13.1. The molecule has 32 heavy (non-hydrogen) atoms. The SMILES string of the molecule is Cc1nc(-c2csc(S(=O)(=O)N3CCC(C(=O)Nc4ccc(C(C)C)cc4)CC3)c2)no1. The molecule has 1 fully saturated rings. The summed E-state index contributed by atoms with van der Waals surface area (Å²) in [6.45, 7) is 6.54. The molecule has 8 nitrogen and oxygen atoms in total. The van der Waals surface area contributed by atoms with Gasteiger partial charge in [0.15, 0.2) is 0 Å². The van der Waals surface area contributed by atoms with Gasteiger partial charge in [-0.2, -0.15) is 9.29 Å². The number of thiophene rings is 1. The first kappa shape index (κ1) is 22.6. The average molecular weight is 475 g/mol. The second kappa shape index (κ2) is 9.13. The predicted octanol–water partition coefficient (Wildman–Crippen LogP) is 4.27. The lowest BCUT2D eigenvalue weighted by atomic mass is 9.97. The molecule has 3 aromatic rings. The minimum Gasteiger partial charge on any atom is -0.339 e. The Kier molecular flexibility index (Phi) is 6.45. The zero-order chi connectivity index (χ0) is 22.9. The first-order valence-corrected chi connectivity index (χ1v) is 12.9. The van der Waals surface area contributed by atoms with Crippen molar-refractivity contribution < 1.29 is 17.7 Å². The fourth-order valence-electron chi connectivity index (χ4n) is 3.67. The Morgan fingerprint density at radius 2 is 1.91 bits per heavy atom. The molecule has 0 aliphatic carbocycles. The van der Waals surface area contributed by atoms with E-state index >= 15 is 0 Å². The Bertz CT molecular complexity index is 1190. The smallest absolute Gasteiger partial charge is 0.252 e. The Morgan fingerprint density at radius 1 is 1.22 bits per heavy atom. The molecule has 0 spiro atoms. The van der Waals surface area contributed by atoms with Gasteiger partial charge >= 0.3 is 0 Å². The van der Waals surface area contributed by atoms with Crippen LogP contribution in [0.25, 0.3) is 11.4 Å². The second-order valence-electron chi connectivity index (χ2n) is 8.24. The van der Waals surface area contributed by atoms with E-state index in [2.05, 4.69) is 29.3 Å². The Hall–Kier alpha value is -2.56. The summed E-state index contributed by atoms with van der Waals surface area (Å²) in [6, 6.07) is 9.42. The number of aromatic nitrogens is 2. The van der Waals surface area contributed by atoms with Gasteiger partial charge in [0.25, 0.3) is 10.0 Å². The molecule has 4 rings (SSSR count). The van der Waals surface area contributed by atoms with Gasteiger partial charge < -0.3 is 9.84 Å². The van der Waals surface area contributed by atoms with Gasteiger partial charge in [-0.3, -0.25) is 4.79 Å². The van der Waals surface area contributed by atoms with E-state index in [9.17, 15) is 13.2 Å². The van der Waals surface area contributed by atoms with Crippen LogP contribution in [0.4, 0.5) is 5.69 Å². The lowest BCUT2D eigenvalue weighted by Crippen LogP contribution is -2.41. The zero-order valence-corrected chi connectivity index (χ0v) is 19.9. The van der Waals surface area contributed by atoms with E-state index in [1.807, 2.05) is 24.3 Å². The van der Waals surface area contributed by atoms with Crippen LogP contribution < -0.4 is 5.32 Å². The maximum Gasteiger partial charge on any atom is 0.252 e. The topological polar surface area (TPSA) is 105 Å². The number of amides is 1. The van der Waals surface area contributed by atoms with Crippen molar-refractivity contribution >= 4 is 33.0 Å². The van der Waals surface area contributed by atoms with Gasteiger partial charge in [0.2, 0.25) is 17.6 Å². The van der Waals surface area contributed by atoms with E-state index in [4.69, 9.17) is 4.52 Å². The molecule has 10 heteroatoms. The highest BCUT2D eigenvalue weighted by atomic mass is 32.2. The van der Waals surface area contributed by atoms with Crippen molar-refractivity contribution in [3.8, 4) is 11.4 Å². The molecule has 0 atom stereocenters. The fraction of sp³-hybridized carbons (Fsp3) is 0.409. The largest absolute Gasteiger partial charge is 0.339 e. The number of hydrogen-bond acceptors (Lipinski definition) is 7. The summed E-state index contributed by atoms with van der Waals surface area (Å²) < 4.78 is 32.8. The van der Waals surface area contributed by atoms with Crippen LogP contribution >= 0.6 is 11.3 Å². The number of nitrogens with one attached hydrogen (secondary N) is 1. The number of anilines is 1. The molecule has 1 aromatic carbocycles. The molecule has 0 saturated carbocycles. The van der Waals surface area contributed by atoms with Crippen molar-refractivity contribution in [2.24, 2.45) is 5.92 Å². The molecule has 0 bridgehead atoms. The molecule has 1 saturated heterocycles. The molecule has 0 unspecified atom stereocenters. The van der Waals surface area contributed by atoms with Gasteiger partial charge in [0.1, 0.15) is 4.21 Å². The van der Waals surface area contributed by atoms with E-state index < -0.39 is 10.0 Å². The third kappa shape index (κ3) is 4.77. The Balaban J connectivity index is 1.36. The fourth-order valence-corrected chi connectivity index (χ4v) is 6.45. The van der Waals surface area contributed by atoms with Gasteiger partial charge in [0, 0.05) is 42.6 Å². The number of carbonyl (C=O) groups excluding carboxylic acids is 1. The van der Waals surface area contributed by atoms with Crippen LogP contribution in [-0.4, -0.2) is 41.9 Å². The van der Waals surface area contributed by atoms with Crippen molar-refractivity contribution in [1.82, 2.24) is 14.4 Å². The first-order valence-electron chi connectivity index (χ1n) is 10.5. The van der Waals surface area contributed by atoms with Crippen LogP contribution in [-0.2, 0) is 14.8 Å². The van der Waals surface area contributed by atoms with Crippen LogP contribution in [0.2, 0.25) is 0 Å². The summed E-state index contributed by atoms with van der Waals surface area (Å²) in [5.74, 6) is 0.947. The molecule has 1 N–H and O–H groups in total. The number of hydrogen-bond donors (Lipinski definition) is 1. The van der Waals surface area contributed by atoms with Gasteiger partial charge in [0.05, 0.1) is 0 Å². The summed E-state index contributed by atoms with van der Waals surface area (Å²) in [5, 5.41) is 8.51. The van der Waals surface area contributed by atoms with Crippen LogP contribution in [0.1, 0.15) is 44.1 Å². The van der Waals surface area contributed by atoms with E-state index in [0.717, 1.165) is 17.0 Å². The zero-order valence-electron chi connectivity index (χ0n) is 18.2. The highest BCUT2D eigenvalue weighted by Gasteiger charge is 2.33. The molecule has 1 aliphatic heterocycles. The minimum absolute atomic E-state index is 0.0646. The summed E-state index contributed by atoms with van der Waals surface area (Å²) in [4.78, 5) is 16.8. The summed E-state index contributed by atoms with van der Waals surface area (Å²) in [5.41, 5.74) is 2.59. The highest BCUT2D eigenvalue weighted by molar-refractivity contribution is 7.91. The normalized spacial score (nSPS) is 15.9. The molecule has 1 amide bonds. The quantitative estimate of drug-likeness (QED) is 0.572. The highest BCUT2D eigenvalue weighted by Crippen LogP contribution is 2.31. The van der Waals surface area contributed by atoms with Crippen LogP contribution in [0.5, 0.6) is 0 Å². The third-order valence-electron chi connectivity index (χ3n) is 5.62. The van der Waals surface area contributed by atoms with Crippen molar-refractivity contribution in [1.29, 1.82) is 0 Å². The number of rotatable bonds is 6. The van der Waals surface area contributed by atoms with Gasteiger partial charge in [-0.25, -0.2) is 8.42 Å². The molecular formula is C22H26N4O4S2. The van der Waals surface area contributed by atoms with E-state index in [0.29, 0.717) is 49.1 Å². The van der Waals surface area contributed by atoms with Gasteiger partial charge in [-0.15, -0.1) is 11.3 Å². The summed E-state index contributed by atoms with van der Waals surface area (Å²) in [6.07, 6.45) is 0.967. The van der Waals surface area contributed by atoms with Gasteiger partial charge in [-0.1, -0.05) is 31.1 Å². The number of sulfonamides is 1. The van der Waals surface area contributed by atoms with Crippen molar-refractivity contribution in [2.45, 2.75) is 43.7 Å². The monoisotopic (exact) mass is 474 g/mol. The predicted molar refractivity (Wildman–Crippen MR) is 123 cm³/mol. The van der Waals surface area contributed by atoms with Gasteiger partial charge in [-0.05, 0) is 42.5 Å². The Labute approximate surface area is 191 Å². The number of benzene rings is 1. The maximum absolute atomic E-state index is 13.1. The second-order valence-corrected chi connectivity index (χ2v) is 11.3. The number of carbonyl (C=O) groups is 1. The number of aryl methyl sites for hydroxylation is 1. The Morgan fingerprint density at radius 3 is 2.50 bits per heavy atom. The molecule has 0 radical (unpaired) electrons. The van der Waals surface area contributed by atoms with E-state index in [1.54, 1.807) is 18.4 Å². The molecule has 3 heterocycles. The standard InChI is InChI=1S/C22H26N4O4S2/c1-14(2)16-4-6-19(7-5-16)24-22(27)17-8-10-26(11-9-17)32(28,29)20-12-18(13-31-20)21-23-15(3)30-25-21/h4-7,12-14,17H,8-11H2,1-3H3,(H,24,27). The van der Waals surface area contributed by atoms with Crippen molar-refractivity contribution in [3.05, 3.63) is 47.2 Å².